The van der Waals surface area contributed by atoms with Crippen LogP contribution in [0.15, 0.2) is 6.07 Å². The van der Waals surface area contributed by atoms with Gasteiger partial charge in [0, 0.05) is 38.7 Å². The molecule has 0 aromatic carbocycles. The van der Waals surface area contributed by atoms with Gasteiger partial charge in [-0.3, -0.25) is 4.79 Å². The van der Waals surface area contributed by atoms with Crippen molar-refractivity contribution in [2.45, 2.75) is 51.1 Å². The van der Waals surface area contributed by atoms with Gasteiger partial charge in [-0.25, -0.2) is 9.97 Å². The molecule has 3 rings (SSSR count). The summed E-state index contributed by atoms with van der Waals surface area (Å²) < 4.78 is 39.8. The SMILES string of the molecule is O=C(O)CCCC1CCN(c2cc(N3CCCC3)nc(C(F)(F)F)n2)CC1. The minimum atomic E-state index is -4.57. The summed E-state index contributed by atoms with van der Waals surface area (Å²) in [5.74, 6) is -0.757. The highest BCUT2D eigenvalue weighted by molar-refractivity contribution is 5.66. The highest BCUT2D eigenvalue weighted by Gasteiger charge is 2.37. The van der Waals surface area contributed by atoms with Gasteiger partial charge >= 0.3 is 12.1 Å². The van der Waals surface area contributed by atoms with Crippen molar-refractivity contribution in [1.82, 2.24) is 9.97 Å². The molecule has 2 aliphatic rings. The van der Waals surface area contributed by atoms with E-state index in [1.807, 2.05) is 9.80 Å². The number of rotatable bonds is 6. The Bertz CT molecular complexity index is 654. The van der Waals surface area contributed by atoms with E-state index in [0.29, 0.717) is 37.1 Å². The third-order valence-corrected chi connectivity index (χ3v) is 5.32. The van der Waals surface area contributed by atoms with Gasteiger partial charge in [0.2, 0.25) is 5.82 Å². The molecule has 0 saturated carbocycles. The standard InChI is InChI=1S/C18H25F3N4O2/c19-18(20,21)17-22-14(24-8-1-2-9-24)12-15(23-17)25-10-6-13(7-11-25)4-3-5-16(26)27/h12-13H,1-11H2,(H,26,27). The number of hydrogen-bond acceptors (Lipinski definition) is 5. The van der Waals surface area contributed by atoms with Gasteiger partial charge in [-0.15, -0.1) is 0 Å². The van der Waals surface area contributed by atoms with Crippen LogP contribution in [0.4, 0.5) is 24.8 Å². The Kier molecular flexibility index (Phi) is 6.06. The molecule has 0 radical (unpaired) electrons. The van der Waals surface area contributed by atoms with Crippen LogP contribution in [0.25, 0.3) is 0 Å². The van der Waals surface area contributed by atoms with Gasteiger partial charge in [0.25, 0.3) is 0 Å². The molecule has 0 spiro atoms. The molecular formula is C18H25F3N4O2. The molecule has 2 aliphatic heterocycles. The smallest absolute Gasteiger partial charge is 0.451 e. The lowest BCUT2D eigenvalue weighted by Gasteiger charge is -2.33. The van der Waals surface area contributed by atoms with Crippen molar-refractivity contribution >= 4 is 17.6 Å². The summed E-state index contributed by atoms with van der Waals surface area (Å²) in [5, 5.41) is 8.72. The van der Waals surface area contributed by atoms with Crippen molar-refractivity contribution in [2.75, 3.05) is 36.0 Å². The molecule has 0 bridgehead atoms. The molecule has 6 nitrogen and oxygen atoms in total. The summed E-state index contributed by atoms with van der Waals surface area (Å²) in [6.07, 6.45) is 0.681. The Hall–Kier alpha value is -2.06. The first-order valence-electron chi connectivity index (χ1n) is 9.51. The first-order chi connectivity index (χ1) is 12.8. The van der Waals surface area contributed by atoms with Crippen LogP contribution in [0.1, 0.15) is 50.8 Å². The Morgan fingerprint density at radius 3 is 2.15 bits per heavy atom. The molecule has 1 aromatic heterocycles. The Morgan fingerprint density at radius 2 is 1.63 bits per heavy atom. The van der Waals surface area contributed by atoms with E-state index in [1.54, 1.807) is 6.07 Å². The average molecular weight is 386 g/mol. The van der Waals surface area contributed by atoms with Crippen molar-refractivity contribution in [2.24, 2.45) is 5.92 Å². The van der Waals surface area contributed by atoms with Crippen LogP contribution in [0.3, 0.4) is 0 Å². The maximum atomic E-state index is 13.3. The molecular weight excluding hydrogens is 361 g/mol. The molecule has 150 valence electrons. The minimum Gasteiger partial charge on any atom is -0.481 e. The maximum absolute atomic E-state index is 13.3. The van der Waals surface area contributed by atoms with Gasteiger partial charge in [-0.05, 0) is 44.4 Å². The number of piperidine rings is 1. The Labute approximate surface area is 156 Å². The fraction of sp³-hybridized carbons (Fsp3) is 0.722. The van der Waals surface area contributed by atoms with Crippen LogP contribution in [-0.4, -0.2) is 47.2 Å². The lowest BCUT2D eigenvalue weighted by atomic mass is 9.91. The lowest BCUT2D eigenvalue weighted by Crippen LogP contribution is -2.35. The summed E-state index contributed by atoms with van der Waals surface area (Å²) in [5.41, 5.74) is 0. The third kappa shape index (κ3) is 5.23. The van der Waals surface area contributed by atoms with E-state index >= 15 is 0 Å². The van der Waals surface area contributed by atoms with E-state index in [2.05, 4.69) is 9.97 Å². The van der Waals surface area contributed by atoms with Crippen LogP contribution in [0.2, 0.25) is 0 Å². The number of carbonyl (C=O) groups is 1. The highest BCUT2D eigenvalue weighted by atomic mass is 19.4. The number of carboxylic acid groups (broad SMARTS) is 1. The van der Waals surface area contributed by atoms with Crippen molar-refractivity contribution in [3.05, 3.63) is 11.9 Å². The van der Waals surface area contributed by atoms with E-state index in [1.165, 1.54) is 0 Å². The zero-order valence-electron chi connectivity index (χ0n) is 15.2. The van der Waals surface area contributed by atoms with Crippen LogP contribution in [0, 0.1) is 5.92 Å². The maximum Gasteiger partial charge on any atom is 0.451 e. The largest absolute Gasteiger partial charge is 0.481 e. The van der Waals surface area contributed by atoms with Gasteiger partial charge < -0.3 is 14.9 Å². The number of aliphatic carboxylic acids is 1. The summed E-state index contributed by atoms with van der Waals surface area (Å²) in [6.45, 7) is 2.70. The number of halogens is 3. The van der Waals surface area contributed by atoms with Gasteiger partial charge in [-0.2, -0.15) is 13.2 Å². The number of nitrogens with zero attached hydrogens (tertiary/aromatic N) is 4. The number of hydrogen-bond donors (Lipinski definition) is 1. The predicted octanol–water partition coefficient (Wildman–Crippen LogP) is 3.57. The molecule has 1 N–H and O–H groups in total. The quantitative estimate of drug-likeness (QED) is 0.806. The van der Waals surface area contributed by atoms with E-state index < -0.39 is 18.0 Å². The zero-order valence-corrected chi connectivity index (χ0v) is 15.2. The second kappa shape index (κ2) is 8.31. The van der Waals surface area contributed by atoms with Crippen molar-refractivity contribution < 1.29 is 23.1 Å². The Morgan fingerprint density at radius 1 is 1.07 bits per heavy atom. The summed E-state index contributed by atoms with van der Waals surface area (Å²) in [4.78, 5) is 22.0. The van der Waals surface area contributed by atoms with Gasteiger partial charge in [0.05, 0.1) is 0 Å². The third-order valence-electron chi connectivity index (χ3n) is 5.32. The second-order valence-corrected chi connectivity index (χ2v) is 7.32. The fourth-order valence-corrected chi connectivity index (χ4v) is 3.81. The summed E-state index contributed by atoms with van der Waals surface area (Å²) >= 11 is 0. The summed E-state index contributed by atoms with van der Waals surface area (Å²) in [6, 6.07) is 1.67. The second-order valence-electron chi connectivity index (χ2n) is 7.32. The molecule has 0 amide bonds. The first kappa shape index (κ1) is 19.7. The molecule has 0 unspecified atom stereocenters. The van der Waals surface area contributed by atoms with Crippen LogP contribution in [-0.2, 0) is 11.0 Å². The van der Waals surface area contributed by atoms with Crippen LogP contribution < -0.4 is 9.80 Å². The van der Waals surface area contributed by atoms with Gasteiger partial charge in [0.1, 0.15) is 11.6 Å². The van der Waals surface area contributed by atoms with Gasteiger partial charge in [-0.1, -0.05) is 0 Å². The number of carboxylic acids is 1. The summed E-state index contributed by atoms with van der Waals surface area (Å²) in [7, 11) is 0. The molecule has 9 heteroatoms. The molecule has 2 saturated heterocycles. The lowest BCUT2D eigenvalue weighted by molar-refractivity contribution is -0.144. The van der Waals surface area contributed by atoms with Crippen molar-refractivity contribution in [3.8, 4) is 0 Å². The number of alkyl halides is 3. The van der Waals surface area contributed by atoms with Gasteiger partial charge in [0.15, 0.2) is 0 Å². The van der Waals surface area contributed by atoms with Crippen LogP contribution >= 0.6 is 0 Å². The van der Waals surface area contributed by atoms with E-state index in [-0.39, 0.29) is 6.42 Å². The van der Waals surface area contributed by atoms with E-state index in [4.69, 9.17) is 5.11 Å². The van der Waals surface area contributed by atoms with Crippen molar-refractivity contribution in [3.63, 3.8) is 0 Å². The van der Waals surface area contributed by atoms with E-state index in [0.717, 1.165) is 45.2 Å². The van der Waals surface area contributed by atoms with Crippen molar-refractivity contribution in [1.29, 1.82) is 0 Å². The normalized spacial score (nSPS) is 18.9. The van der Waals surface area contributed by atoms with Crippen LogP contribution in [0.5, 0.6) is 0 Å². The predicted molar refractivity (Wildman–Crippen MR) is 94.9 cm³/mol. The average Bonchev–Trinajstić information content (AvgIpc) is 3.16. The molecule has 1 aromatic rings. The molecule has 27 heavy (non-hydrogen) atoms. The first-order valence-corrected chi connectivity index (χ1v) is 9.51. The fourth-order valence-electron chi connectivity index (χ4n) is 3.81. The highest BCUT2D eigenvalue weighted by Crippen LogP contribution is 2.33. The van der Waals surface area contributed by atoms with E-state index in [9.17, 15) is 18.0 Å². The number of anilines is 2. The molecule has 0 atom stereocenters. The number of aromatic nitrogens is 2. The molecule has 0 aliphatic carbocycles. The Balaban J connectivity index is 1.68. The minimum absolute atomic E-state index is 0.167. The monoisotopic (exact) mass is 386 g/mol. The molecule has 2 fully saturated rings. The zero-order chi connectivity index (χ0) is 19.4. The topological polar surface area (TPSA) is 69.6 Å². The molecule has 3 heterocycles.